The summed E-state index contributed by atoms with van der Waals surface area (Å²) < 4.78 is 2.08. The van der Waals surface area contributed by atoms with Gasteiger partial charge < -0.3 is 4.57 Å². The Morgan fingerprint density at radius 2 is 2.10 bits per heavy atom. The van der Waals surface area contributed by atoms with Crippen LogP contribution in [0.15, 0.2) is 54.2 Å². The van der Waals surface area contributed by atoms with E-state index < -0.39 is 0 Å². The Morgan fingerprint density at radius 1 is 1.24 bits per heavy atom. The molecule has 3 aromatic rings. The highest BCUT2D eigenvalue weighted by molar-refractivity contribution is 7.10. The maximum absolute atomic E-state index is 4.51. The molecule has 0 aliphatic carbocycles. The van der Waals surface area contributed by atoms with Crippen LogP contribution in [0.5, 0.6) is 0 Å². The average molecular weight is 297 g/mol. The van der Waals surface area contributed by atoms with Crippen molar-refractivity contribution in [3.63, 3.8) is 0 Å². The van der Waals surface area contributed by atoms with Crippen LogP contribution < -0.4 is 5.32 Å². The van der Waals surface area contributed by atoms with Crippen LogP contribution in [-0.4, -0.2) is 9.55 Å². The van der Waals surface area contributed by atoms with E-state index in [2.05, 4.69) is 63.6 Å². The summed E-state index contributed by atoms with van der Waals surface area (Å²) in [4.78, 5) is 5.80. The van der Waals surface area contributed by atoms with Gasteiger partial charge in [-0.1, -0.05) is 30.3 Å². The highest BCUT2D eigenvalue weighted by atomic mass is 32.1. The van der Waals surface area contributed by atoms with Crippen molar-refractivity contribution in [2.75, 3.05) is 0 Å². The first-order valence-electron chi connectivity index (χ1n) is 7.04. The third kappa shape index (κ3) is 3.06. The monoisotopic (exact) mass is 297 g/mol. The fraction of sp³-hybridized carbons (Fsp3) is 0.235. The number of benzene rings is 1. The quantitative estimate of drug-likeness (QED) is 0.778. The van der Waals surface area contributed by atoms with Gasteiger partial charge in [-0.3, -0.25) is 5.32 Å². The molecule has 0 spiro atoms. The minimum atomic E-state index is 0.129. The molecule has 108 valence electrons. The molecule has 0 bridgehead atoms. The smallest absolute Gasteiger partial charge is 0.131 e. The van der Waals surface area contributed by atoms with Gasteiger partial charge in [-0.25, -0.2) is 4.98 Å². The topological polar surface area (TPSA) is 29.9 Å². The summed E-state index contributed by atoms with van der Waals surface area (Å²) in [6.45, 7) is 2.99. The summed E-state index contributed by atoms with van der Waals surface area (Å²) in [7, 11) is 2.04. The van der Waals surface area contributed by atoms with E-state index in [9.17, 15) is 0 Å². The zero-order valence-corrected chi connectivity index (χ0v) is 13.1. The molecule has 3 nitrogen and oxygen atoms in total. The zero-order chi connectivity index (χ0) is 14.7. The predicted molar refractivity (Wildman–Crippen MR) is 87.4 cm³/mol. The molecule has 1 unspecified atom stereocenters. The van der Waals surface area contributed by atoms with Crippen molar-refractivity contribution < 1.29 is 0 Å². The highest BCUT2D eigenvalue weighted by Gasteiger charge is 2.18. The molecule has 1 N–H and O–H groups in total. The van der Waals surface area contributed by atoms with Gasteiger partial charge in [0.25, 0.3) is 0 Å². The summed E-state index contributed by atoms with van der Waals surface area (Å²) in [6, 6.07) is 12.9. The molecule has 21 heavy (non-hydrogen) atoms. The molecule has 1 aromatic carbocycles. The number of nitrogens with zero attached hydrogens (tertiary/aromatic N) is 2. The summed E-state index contributed by atoms with van der Waals surface area (Å²) in [5.74, 6) is 1.05. The third-order valence-corrected chi connectivity index (χ3v) is 4.64. The second-order valence-corrected chi connectivity index (χ2v) is 6.13. The zero-order valence-electron chi connectivity index (χ0n) is 12.3. The first-order chi connectivity index (χ1) is 10.3. The number of hydrogen-bond donors (Lipinski definition) is 1. The van der Waals surface area contributed by atoms with E-state index in [1.807, 2.05) is 19.4 Å². The number of imidazole rings is 1. The maximum Gasteiger partial charge on any atom is 0.131 e. The lowest BCUT2D eigenvalue weighted by molar-refractivity contribution is 0.564. The summed E-state index contributed by atoms with van der Waals surface area (Å²) in [5, 5.41) is 5.76. The summed E-state index contributed by atoms with van der Waals surface area (Å²) in [5.41, 5.74) is 2.64. The molecular weight excluding hydrogens is 278 g/mol. The van der Waals surface area contributed by atoms with Gasteiger partial charge in [-0.15, -0.1) is 11.3 Å². The third-order valence-electron chi connectivity index (χ3n) is 3.70. The van der Waals surface area contributed by atoms with Gasteiger partial charge in [0.2, 0.25) is 0 Å². The molecule has 0 fully saturated rings. The van der Waals surface area contributed by atoms with Crippen LogP contribution in [-0.2, 0) is 13.6 Å². The van der Waals surface area contributed by atoms with Gasteiger partial charge in [0.1, 0.15) is 11.9 Å². The molecule has 0 saturated heterocycles. The fourth-order valence-corrected chi connectivity index (χ4v) is 3.25. The SMILES string of the molecule is Cc1ccccc1CNC(c1cccs1)c1nccn1C. The minimum absolute atomic E-state index is 0.129. The fourth-order valence-electron chi connectivity index (χ4n) is 2.45. The lowest BCUT2D eigenvalue weighted by Crippen LogP contribution is -2.24. The van der Waals surface area contributed by atoms with Crippen LogP contribution in [0.25, 0.3) is 0 Å². The molecular formula is C17H19N3S. The van der Waals surface area contributed by atoms with Gasteiger partial charge >= 0.3 is 0 Å². The lowest BCUT2D eigenvalue weighted by atomic mass is 10.1. The van der Waals surface area contributed by atoms with Crippen molar-refractivity contribution >= 4 is 11.3 Å². The van der Waals surface area contributed by atoms with E-state index in [1.165, 1.54) is 16.0 Å². The largest absolute Gasteiger partial charge is 0.336 e. The molecule has 0 radical (unpaired) electrons. The first-order valence-corrected chi connectivity index (χ1v) is 7.92. The van der Waals surface area contributed by atoms with E-state index >= 15 is 0 Å². The number of aryl methyl sites for hydroxylation is 2. The number of aromatic nitrogens is 2. The highest BCUT2D eigenvalue weighted by Crippen LogP contribution is 2.25. The molecule has 2 aromatic heterocycles. The Hall–Kier alpha value is -1.91. The van der Waals surface area contributed by atoms with Gasteiger partial charge in [0.05, 0.1) is 0 Å². The minimum Gasteiger partial charge on any atom is -0.336 e. The molecule has 4 heteroatoms. The summed E-state index contributed by atoms with van der Waals surface area (Å²) in [6.07, 6.45) is 3.84. The first kappa shape index (κ1) is 14.0. The van der Waals surface area contributed by atoms with Gasteiger partial charge in [-0.05, 0) is 29.5 Å². The molecule has 0 aliphatic rings. The van der Waals surface area contributed by atoms with E-state index in [-0.39, 0.29) is 6.04 Å². The van der Waals surface area contributed by atoms with Crippen molar-refractivity contribution in [1.82, 2.24) is 14.9 Å². The predicted octanol–water partition coefficient (Wildman–Crippen LogP) is 3.67. The Morgan fingerprint density at radius 3 is 2.76 bits per heavy atom. The van der Waals surface area contributed by atoms with E-state index in [4.69, 9.17) is 0 Å². The molecule has 2 heterocycles. The standard InChI is InChI=1S/C17H19N3S/c1-13-6-3-4-7-14(13)12-19-16(15-8-5-11-21-15)17-18-9-10-20(17)2/h3-11,16,19H,12H2,1-2H3. The normalized spacial score (nSPS) is 12.5. The maximum atomic E-state index is 4.51. The molecule has 0 amide bonds. The number of nitrogens with one attached hydrogen (secondary N) is 1. The Labute approximate surface area is 129 Å². The molecule has 1 atom stereocenters. The van der Waals surface area contributed by atoms with E-state index in [0.29, 0.717) is 0 Å². The Bertz CT molecular complexity index is 700. The van der Waals surface area contributed by atoms with Crippen molar-refractivity contribution in [2.24, 2.45) is 7.05 Å². The number of thiophene rings is 1. The van der Waals surface area contributed by atoms with Crippen LogP contribution in [0, 0.1) is 6.92 Å². The van der Waals surface area contributed by atoms with Gasteiger partial charge in [-0.2, -0.15) is 0 Å². The van der Waals surface area contributed by atoms with Gasteiger partial charge in [0.15, 0.2) is 0 Å². The summed E-state index contributed by atoms with van der Waals surface area (Å²) >= 11 is 1.76. The number of rotatable bonds is 5. The molecule has 0 saturated carbocycles. The lowest BCUT2D eigenvalue weighted by Gasteiger charge is -2.18. The molecule has 3 rings (SSSR count). The van der Waals surface area contributed by atoms with Crippen molar-refractivity contribution in [3.8, 4) is 0 Å². The Kier molecular flexibility index (Phi) is 4.18. The number of hydrogen-bond acceptors (Lipinski definition) is 3. The van der Waals surface area contributed by atoms with Crippen LogP contribution in [0.1, 0.15) is 27.9 Å². The van der Waals surface area contributed by atoms with Crippen LogP contribution in [0.2, 0.25) is 0 Å². The van der Waals surface area contributed by atoms with E-state index in [0.717, 1.165) is 12.4 Å². The second-order valence-electron chi connectivity index (χ2n) is 5.15. The van der Waals surface area contributed by atoms with Crippen LogP contribution in [0.3, 0.4) is 0 Å². The van der Waals surface area contributed by atoms with Crippen molar-refractivity contribution in [2.45, 2.75) is 19.5 Å². The molecule has 0 aliphatic heterocycles. The van der Waals surface area contributed by atoms with Gasteiger partial charge in [0, 0.05) is 30.9 Å². The van der Waals surface area contributed by atoms with Crippen molar-refractivity contribution in [3.05, 3.63) is 76.0 Å². The average Bonchev–Trinajstić information content (AvgIpc) is 3.14. The Balaban J connectivity index is 1.84. The van der Waals surface area contributed by atoms with Crippen LogP contribution >= 0.6 is 11.3 Å². The second kappa shape index (κ2) is 6.24. The van der Waals surface area contributed by atoms with Crippen molar-refractivity contribution in [1.29, 1.82) is 0 Å². The van der Waals surface area contributed by atoms with Crippen LogP contribution in [0.4, 0.5) is 0 Å². The van der Waals surface area contributed by atoms with E-state index in [1.54, 1.807) is 11.3 Å².